The van der Waals surface area contributed by atoms with Gasteiger partial charge in [0, 0.05) is 60.4 Å². The molecule has 1 aliphatic heterocycles. The molecule has 0 saturated carbocycles. The SMILES string of the molecule is O=C(O)CC(NC(=O)c1ccc(N2CCN(C(=O)c3ccccc3)CC2)c(NC(=O)Nc2cccc(Cl)c2)c1)c1cccnc1. The van der Waals surface area contributed by atoms with E-state index < -0.39 is 23.9 Å². The maximum Gasteiger partial charge on any atom is 0.323 e. The van der Waals surface area contributed by atoms with Gasteiger partial charge < -0.3 is 30.9 Å². The summed E-state index contributed by atoms with van der Waals surface area (Å²) in [5.41, 5.74) is 2.89. The topological polar surface area (TPSA) is 144 Å². The number of rotatable bonds is 9. The highest BCUT2D eigenvalue weighted by atomic mass is 35.5. The second kappa shape index (κ2) is 14.4. The fraction of sp³-hybridized carbons (Fsp3) is 0.182. The summed E-state index contributed by atoms with van der Waals surface area (Å²) in [6, 6.07) is 22.7. The number of nitrogens with one attached hydrogen (secondary N) is 3. The van der Waals surface area contributed by atoms with Gasteiger partial charge in [0.25, 0.3) is 11.8 Å². The van der Waals surface area contributed by atoms with Crippen molar-refractivity contribution >= 4 is 52.5 Å². The van der Waals surface area contributed by atoms with Gasteiger partial charge in [-0.05, 0) is 60.2 Å². The number of urea groups is 1. The standard InChI is InChI=1S/C33H31ClN6O5/c34-25-9-4-10-26(19-25)36-33(45)38-28-18-23(31(43)37-27(20-30(41)42)24-8-5-13-35-21-24)11-12-29(28)39-14-16-40(17-15-39)32(44)22-6-2-1-3-7-22/h1-13,18-19,21,27H,14-17,20H2,(H,37,43)(H,41,42)(H2,36,38,45). The molecule has 4 amide bonds. The highest BCUT2D eigenvalue weighted by Gasteiger charge is 2.25. The molecule has 0 aliphatic carbocycles. The van der Waals surface area contributed by atoms with Crippen LogP contribution in [0.5, 0.6) is 0 Å². The molecule has 230 valence electrons. The minimum atomic E-state index is -1.08. The van der Waals surface area contributed by atoms with Gasteiger partial charge in [-0.2, -0.15) is 0 Å². The van der Waals surface area contributed by atoms with Gasteiger partial charge >= 0.3 is 12.0 Å². The van der Waals surface area contributed by atoms with Gasteiger partial charge in [-0.25, -0.2) is 4.79 Å². The van der Waals surface area contributed by atoms with Gasteiger partial charge in [0.15, 0.2) is 0 Å². The fourth-order valence-electron chi connectivity index (χ4n) is 5.07. The average molecular weight is 627 g/mol. The first-order valence-electron chi connectivity index (χ1n) is 14.3. The van der Waals surface area contributed by atoms with E-state index in [4.69, 9.17) is 11.6 Å². The smallest absolute Gasteiger partial charge is 0.323 e. The number of hydrogen-bond acceptors (Lipinski definition) is 6. The van der Waals surface area contributed by atoms with Gasteiger partial charge in [-0.3, -0.25) is 19.4 Å². The Kier molecular flexibility index (Phi) is 9.90. The normalized spacial score (nSPS) is 13.4. The molecule has 0 radical (unpaired) electrons. The molecule has 3 aromatic carbocycles. The average Bonchev–Trinajstić information content (AvgIpc) is 3.05. The summed E-state index contributed by atoms with van der Waals surface area (Å²) in [4.78, 5) is 58.9. The number of aliphatic carboxylic acids is 1. The van der Waals surface area contributed by atoms with Gasteiger partial charge in [0.05, 0.1) is 23.8 Å². The van der Waals surface area contributed by atoms with Gasteiger partial charge in [-0.1, -0.05) is 41.9 Å². The largest absolute Gasteiger partial charge is 0.481 e. The first-order chi connectivity index (χ1) is 21.8. The van der Waals surface area contributed by atoms with E-state index in [2.05, 4.69) is 20.9 Å². The Morgan fingerprint density at radius 1 is 0.844 bits per heavy atom. The maximum atomic E-state index is 13.4. The molecule has 1 atom stereocenters. The number of carbonyl (C=O) groups excluding carboxylic acids is 3. The summed E-state index contributed by atoms with van der Waals surface area (Å²) in [7, 11) is 0. The molecule has 4 N–H and O–H groups in total. The van der Waals surface area contributed by atoms with Crippen molar-refractivity contribution < 1.29 is 24.3 Å². The molecule has 11 nitrogen and oxygen atoms in total. The number of pyridine rings is 1. The van der Waals surface area contributed by atoms with E-state index in [0.29, 0.717) is 59.4 Å². The van der Waals surface area contributed by atoms with Crippen LogP contribution in [0, 0.1) is 0 Å². The van der Waals surface area contributed by atoms with E-state index in [1.165, 1.54) is 6.20 Å². The van der Waals surface area contributed by atoms with Crippen LogP contribution in [-0.4, -0.2) is 65.0 Å². The summed E-state index contributed by atoms with van der Waals surface area (Å²) >= 11 is 6.07. The van der Waals surface area contributed by atoms with Crippen LogP contribution in [0.1, 0.15) is 38.7 Å². The van der Waals surface area contributed by atoms with Crippen LogP contribution in [0.25, 0.3) is 0 Å². The lowest BCUT2D eigenvalue weighted by atomic mass is 10.0. The quantitative estimate of drug-likeness (QED) is 0.198. The summed E-state index contributed by atoms with van der Waals surface area (Å²) in [5.74, 6) is -1.65. The second-order valence-electron chi connectivity index (χ2n) is 10.4. The number of anilines is 3. The summed E-state index contributed by atoms with van der Waals surface area (Å²) in [6.45, 7) is 1.92. The van der Waals surface area contributed by atoms with E-state index in [0.717, 1.165) is 0 Å². The molecule has 0 spiro atoms. The fourth-order valence-corrected chi connectivity index (χ4v) is 5.26. The van der Waals surface area contributed by atoms with Crippen molar-refractivity contribution in [3.05, 3.63) is 119 Å². The van der Waals surface area contributed by atoms with E-state index in [1.54, 1.807) is 77.8 Å². The van der Waals surface area contributed by atoms with Crippen molar-refractivity contribution in [1.82, 2.24) is 15.2 Å². The Balaban J connectivity index is 1.37. The zero-order valence-corrected chi connectivity index (χ0v) is 24.9. The summed E-state index contributed by atoms with van der Waals surface area (Å²) < 4.78 is 0. The molecule has 1 aromatic heterocycles. The Morgan fingerprint density at radius 3 is 2.31 bits per heavy atom. The first kappa shape index (κ1) is 31.0. The number of halogens is 1. The first-order valence-corrected chi connectivity index (χ1v) is 14.6. The van der Waals surface area contributed by atoms with Gasteiger partial charge in [0.1, 0.15) is 0 Å². The van der Waals surface area contributed by atoms with Gasteiger partial charge in [0.2, 0.25) is 0 Å². The minimum Gasteiger partial charge on any atom is -0.481 e. The van der Waals surface area contributed by atoms with Crippen LogP contribution >= 0.6 is 11.6 Å². The van der Waals surface area contributed by atoms with Crippen LogP contribution in [0.2, 0.25) is 5.02 Å². The molecule has 1 aliphatic rings. The third kappa shape index (κ3) is 8.15. The Morgan fingerprint density at radius 2 is 1.62 bits per heavy atom. The van der Waals surface area contributed by atoms with Crippen molar-refractivity contribution in [2.24, 2.45) is 0 Å². The van der Waals surface area contributed by atoms with Crippen molar-refractivity contribution in [3.63, 3.8) is 0 Å². The number of nitrogens with zero attached hydrogens (tertiary/aromatic N) is 3. The van der Waals surface area contributed by atoms with E-state index in [-0.39, 0.29) is 17.9 Å². The van der Waals surface area contributed by atoms with Crippen LogP contribution in [-0.2, 0) is 4.79 Å². The molecule has 1 fully saturated rings. The highest BCUT2D eigenvalue weighted by Crippen LogP contribution is 2.30. The van der Waals surface area contributed by atoms with Crippen molar-refractivity contribution in [1.29, 1.82) is 0 Å². The van der Waals surface area contributed by atoms with E-state index >= 15 is 0 Å². The molecule has 12 heteroatoms. The molecule has 2 heterocycles. The predicted octanol–water partition coefficient (Wildman–Crippen LogP) is 5.29. The number of benzene rings is 3. The van der Waals surface area contributed by atoms with Crippen LogP contribution in [0.3, 0.4) is 0 Å². The lowest BCUT2D eigenvalue weighted by molar-refractivity contribution is -0.137. The highest BCUT2D eigenvalue weighted by molar-refractivity contribution is 6.30. The summed E-state index contributed by atoms with van der Waals surface area (Å²) in [5, 5.41) is 18.3. The lowest BCUT2D eigenvalue weighted by Gasteiger charge is -2.37. The van der Waals surface area contributed by atoms with Crippen molar-refractivity contribution in [2.75, 3.05) is 41.7 Å². The number of hydrogen-bond donors (Lipinski definition) is 4. The number of carbonyl (C=O) groups is 4. The molecule has 5 rings (SSSR count). The number of amides is 4. The van der Waals surface area contributed by atoms with Crippen LogP contribution < -0.4 is 20.9 Å². The molecule has 1 unspecified atom stereocenters. The lowest BCUT2D eigenvalue weighted by Crippen LogP contribution is -2.49. The molecule has 0 bridgehead atoms. The predicted molar refractivity (Wildman–Crippen MR) is 172 cm³/mol. The number of carboxylic acids is 1. The zero-order valence-electron chi connectivity index (χ0n) is 24.2. The molecular weight excluding hydrogens is 596 g/mol. The Labute approximate surface area is 264 Å². The Hall–Kier alpha value is -5.42. The minimum absolute atomic E-state index is 0.0500. The molecule has 45 heavy (non-hydrogen) atoms. The third-order valence-corrected chi connectivity index (χ3v) is 7.52. The molecular formula is C33H31ClN6O5. The van der Waals surface area contributed by atoms with Crippen LogP contribution in [0.15, 0.2) is 97.3 Å². The van der Waals surface area contributed by atoms with Crippen LogP contribution in [0.4, 0.5) is 21.9 Å². The van der Waals surface area contributed by atoms with E-state index in [9.17, 15) is 24.3 Å². The number of aromatic nitrogens is 1. The zero-order chi connectivity index (χ0) is 31.8. The third-order valence-electron chi connectivity index (χ3n) is 7.29. The van der Waals surface area contributed by atoms with Crippen molar-refractivity contribution in [3.8, 4) is 0 Å². The monoisotopic (exact) mass is 626 g/mol. The molecule has 1 saturated heterocycles. The van der Waals surface area contributed by atoms with Crippen molar-refractivity contribution in [2.45, 2.75) is 12.5 Å². The second-order valence-corrected chi connectivity index (χ2v) is 10.8. The molecule has 4 aromatic rings. The number of piperazine rings is 1. The van der Waals surface area contributed by atoms with E-state index in [1.807, 2.05) is 23.1 Å². The summed E-state index contributed by atoms with van der Waals surface area (Å²) in [6.07, 6.45) is 2.73. The maximum absolute atomic E-state index is 13.4. The van der Waals surface area contributed by atoms with Gasteiger partial charge in [-0.15, -0.1) is 0 Å². The number of carboxylic acid groups (broad SMARTS) is 1. The Bertz CT molecular complexity index is 1680.